The molecule has 0 aliphatic carbocycles. The smallest absolute Gasteiger partial charge is 0.0771 e. The van der Waals surface area contributed by atoms with Gasteiger partial charge in [-0.15, -0.1) is 0 Å². The Morgan fingerprint density at radius 1 is 0.667 bits per heavy atom. The monoisotopic (exact) mass is 310 g/mol. The fourth-order valence-corrected chi connectivity index (χ4v) is 1.28. The Morgan fingerprint density at radius 2 is 1.05 bits per heavy atom. The predicted octanol–water partition coefficient (Wildman–Crippen LogP) is -0.167. The van der Waals surface area contributed by atoms with E-state index < -0.39 is 0 Å². The lowest BCUT2D eigenvalue weighted by Crippen LogP contribution is -2.17. The fraction of sp³-hybridized carbons (Fsp3) is 1.00. The molecule has 2 N–H and O–H groups in total. The van der Waals surface area contributed by atoms with E-state index in [9.17, 15) is 5.11 Å². The van der Waals surface area contributed by atoms with Crippen LogP contribution in [0.25, 0.3) is 0 Å². The molecular formula is C14H30O7. The maximum atomic E-state index is 9.25. The summed E-state index contributed by atoms with van der Waals surface area (Å²) < 4.78 is 26.1. The van der Waals surface area contributed by atoms with E-state index >= 15 is 0 Å². The van der Waals surface area contributed by atoms with Crippen LogP contribution in [0.3, 0.4) is 0 Å². The molecule has 7 nitrogen and oxygen atoms in total. The molecule has 0 aromatic rings. The molecule has 0 aliphatic heterocycles. The van der Waals surface area contributed by atoms with Crippen molar-refractivity contribution in [3.8, 4) is 0 Å². The minimum absolute atomic E-state index is 0.0351. The molecule has 0 saturated heterocycles. The van der Waals surface area contributed by atoms with Crippen molar-refractivity contribution >= 4 is 0 Å². The first-order chi connectivity index (χ1) is 10.3. The van der Waals surface area contributed by atoms with Crippen LogP contribution in [0, 0.1) is 0 Å². The molecule has 0 aromatic heterocycles. The van der Waals surface area contributed by atoms with Crippen LogP contribution in [0.15, 0.2) is 0 Å². The van der Waals surface area contributed by atoms with Crippen molar-refractivity contribution in [1.82, 2.24) is 0 Å². The Labute approximate surface area is 127 Å². The molecule has 0 aromatic carbocycles. The van der Waals surface area contributed by atoms with Gasteiger partial charge in [-0.25, -0.2) is 0 Å². The van der Waals surface area contributed by atoms with Gasteiger partial charge in [0, 0.05) is 0 Å². The Morgan fingerprint density at radius 3 is 1.43 bits per heavy atom. The van der Waals surface area contributed by atoms with Crippen LogP contribution in [0.2, 0.25) is 0 Å². The van der Waals surface area contributed by atoms with Crippen molar-refractivity contribution in [3.05, 3.63) is 0 Å². The summed E-state index contributed by atoms with van der Waals surface area (Å²) in [6, 6.07) is 0. The molecule has 0 radical (unpaired) electrons. The normalized spacial score (nSPS) is 12.7. The van der Waals surface area contributed by atoms with Gasteiger partial charge in [0.2, 0.25) is 0 Å². The molecule has 1 unspecified atom stereocenters. The summed E-state index contributed by atoms with van der Waals surface area (Å²) in [7, 11) is 0. The highest BCUT2D eigenvalue weighted by molar-refractivity contribution is 4.48. The van der Waals surface area contributed by atoms with Crippen molar-refractivity contribution in [2.24, 2.45) is 0 Å². The molecule has 0 saturated carbocycles. The third kappa shape index (κ3) is 17.7. The van der Waals surface area contributed by atoms with E-state index in [1.807, 2.05) is 6.92 Å². The average Bonchev–Trinajstić information content (AvgIpc) is 2.50. The highest BCUT2D eigenvalue weighted by atomic mass is 16.6. The molecule has 0 amide bonds. The molecule has 0 fully saturated rings. The molecule has 0 heterocycles. The first-order valence-corrected chi connectivity index (χ1v) is 7.48. The molecule has 0 aliphatic rings. The lowest BCUT2D eigenvalue weighted by Gasteiger charge is -2.09. The van der Waals surface area contributed by atoms with Crippen LogP contribution in [0.4, 0.5) is 0 Å². The minimum atomic E-state index is -0.387. The second kappa shape index (κ2) is 17.8. The highest BCUT2D eigenvalue weighted by Gasteiger charge is 1.99. The standard InChI is InChI=1S/C14H30O7/c1-2-14(16)13-21-12-11-20-10-9-19-8-7-18-6-5-17-4-3-15/h14-16H,2-13H2,1H3. The Kier molecular flexibility index (Phi) is 17.5. The van der Waals surface area contributed by atoms with E-state index in [-0.39, 0.29) is 12.7 Å². The first kappa shape index (κ1) is 20.7. The van der Waals surface area contributed by atoms with Gasteiger partial charge in [0.25, 0.3) is 0 Å². The topological polar surface area (TPSA) is 86.6 Å². The van der Waals surface area contributed by atoms with Gasteiger partial charge in [0.05, 0.1) is 78.8 Å². The van der Waals surface area contributed by atoms with Crippen LogP contribution >= 0.6 is 0 Å². The van der Waals surface area contributed by atoms with E-state index in [1.165, 1.54) is 0 Å². The van der Waals surface area contributed by atoms with Gasteiger partial charge in [0.1, 0.15) is 0 Å². The molecule has 128 valence electrons. The first-order valence-electron chi connectivity index (χ1n) is 7.48. The zero-order valence-electron chi connectivity index (χ0n) is 13.0. The molecule has 7 heteroatoms. The SMILES string of the molecule is CCC(O)COCCOCCOCCOCCOCCO. The highest BCUT2D eigenvalue weighted by Crippen LogP contribution is 1.90. The van der Waals surface area contributed by atoms with Gasteiger partial charge < -0.3 is 33.9 Å². The van der Waals surface area contributed by atoms with Crippen LogP contribution in [0.5, 0.6) is 0 Å². The van der Waals surface area contributed by atoms with E-state index in [0.29, 0.717) is 72.5 Å². The zero-order valence-corrected chi connectivity index (χ0v) is 13.0. The summed E-state index contributed by atoms with van der Waals surface area (Å²) in [5.74, 6) is 0. The van der Waals surface area contributed by atoms with Gasteiger partial charge in [-0.05, 0) is 6.42 Å². The lowest BCUT2D eigenvalue weighted by molar-refractivity contribution is -0.0222. The van der Waals surface area contributed by atoms with E-state index in [0.717, 1.165) is 0 Å². The van der Waals surface area contributed by atoms with Crippen molar-refractivity contribution in [3.63, 3.8) is 0 Å². The third-order valence-electron chi connectivity index (χ3n) is 2.51. The van der Waals surface area contributed by atoms with Gasteiger partial charge in [0.15, 0.2) is 0 Å². The minimum Gasteiger partial charge on any atom is -0.394 e. The number of aliphatic hydroxyl groups is 2. The largest absolute Gasteiger partial charge is 0.394 e. The van der Waals surface area contributed by atoms with Crippen molar-refractivity contribution in [2.45, 2.75) is 19.4 Å². The average molecular weight is 310 g/mol. The molecule has 0 bridgehead atoms. The van der Waals surface area contributed by atoms with E-state index in [4.69, 9.17) is 28.8 Å². The summed E-state index contributed by atoms with van der Waals surface area (Å²) >= 11 is 0. The molecule has 0 rings (SSSR count). The molecule has 0 spiro atoms. The number of hydrogen-bond acceptors (Lipinski definition) is 7. The number of hydrogen-bond donors (Lipinski definition) is 2. The van der Waals surface area contributed by atoms with Gasteiger partial charge >= 0.3 is 0 Å². The van der Waals surface area contributed by atoms with Crippen LogP contribution in [-0.4, -0.2) is 89.0 Å². The van der Waals surface area contributed by atoms with Crippen molar-refractivity contribution in [2.75, 3.05) is 72.7 Å². The zero-order chi connectivity index (χ0) is 15.6. The molecular weight excluding hydrogens is 280 g/mol. The van der Waals surface area contributed by atoms with Gasteiger partial charge in [-0.3, -0.25) is 0 Å². The van der Waals surface area contributed by atoms with Crippen molar-refractivity contribution < 1.29 is 33.9 Å². The summed E-state index contributed by atoms with van der Waals surface area (Å²) in [6.07, 6.45) is 0.312. The second-order valence-corrected chi connectivity index (χ2v) is 4.31. The van der Waals surface area contributed by atoms with Crippen LogP contribution in [0.1, 0.15) is 13.3 Å². The van der Waals surface area contributed by atoms with Crippen molar-refractivity contribution in [1.29, 1.82) is 0 Å². The third-order valence-corrected chi connectivity index (χ3v) is 2.51. The second-order valence-electron chi connectivity index (χ2n) is 4.31. The number of rotatable bonds is 17. The Balaban J connectivity index is 2.96. The van der Waals surface area contributed by atoms with Gasteiger partial charge in [-0.2, -0.15) is 0 Å². The lowest BCUT2D eigenvalue weighted by atomic mass is 10.3. The maximum absolute atomic E-state index is 9.25. The predicted molar refractivity (Wildman–Crippen MR) is 77.5 cm³/mol. The summed E-state index contributed by atoms with van der Waals surface area (Å²) in [5, 5.41) is 17.7. The number of ether oxygens (including phenoxy) is 5. The Hall–Kier alpha value is -0.280. The number of aliphatic hydroxyl groups excluding tert-OH is 2. The van der Waals surface area contributed by atoms with E-state index in [1.54, 1.807) is 0 Å². The molecule has 1 atom stereocenters. The van der Waals surface area contributed by atoms with Crippen LogP contribution < -0.4 is 0 Å². The summed E-state index contributed by atoms with van der Waals surface area (Å²) in [6.45, 7) is 6.67. The maximum Gasteiger partial charge on any atom is 0.0771 e. The quantitative estimate of drug-likeness (QED) is 0.361. The van der Waals surface area contributed by atoms with Crippen LogP contribution in [-0.2, 0) is 23.7 Å². The fourth-order valence-electron chi connectivity index (χ4n) is 1.28. The van der Waals surface area contributed by atoms with E-state index in [2.05, 4.69) is 0 Å². The Bertz CT molecular complexity index is 192. The molecule has 21 heavy (non-hydrogen) atoms. The summed E-state index contributed by atoms with van der Waals surface area (Å²) in [5.41, 5.74) is 0. The summed E-state index contributed by atoms with van der Waals surface area (Å²) in [4.78, 5) is 0. The van der Waals surface area contributed by atoms with Gasteiger partial charge in [-0.1, -0.05) is 6.92 Å².